The predicted molar refractivity (Wildman–Crippen MR) is 127 cm³/mol. The highest BCUT2D eigenvalue weighted by Gasteiger charge is 2.47. The first-order chi connectivity index (χ1) is 15.5. The summed E-state index contributed by atoms with van der Waals surface area (Å²) in [7, 11) is 0. The van der Waals surface area contributed by atoms with Gasteiger partial charge in [-0.15, -0.1) is 0 Å². The fourth-order valence-corrected chi connectivity index (χ4v) is 3.63. The molecule has 9 nitrogen and oxygen atoms in total. The van der Waals surface area contributed by atoms with Crippen LogP contribution in [0.15, 0.2) is 12.1 Å². The first-order valence-electron chi connectivity index (χ1n) is 11.5. The van der Waals surface area contributed by atoms with Crippen molar-refractivity contribution in [2.24, 2.45) is 0 Å². The van der Waals surface area contributed by atoms with Gasteiger partial charge in [-0.25, -0.2) is 4.79 Å². The number of esters is 1. The molecule has 0 bridgehead atoms. The molecule has 0 spiro atoms. The largest absolute Gasteiger partial charge is 0.507 e. The molecule has 1 heterocycles. The number of aryl methyl sites for hydroxylation is 1. The number of carbonyl (C=O) groups excluding carboxylic acids is 4. The topological polar surface area (TPSA) is 125 Å². The summed E-state index contributed by atoms with van der Waals surface area (Å²) < 4.78 is 5.03. The van der Waals surface area contributed by atoms with Crippen molar-refractivity contribution in [1.82, 2.24) is 15.8 Å². The van der Waals surface area contributed by atoms with Gasteiger partial charge in [0.15, 0.2) is 6.61 Å². The molecule has 0 aliphatic carbocycles. The van der Waals surface area contributed by atoms with Gasteiger partial charge in [0.2, 0.25) is 0 Å². The Balaban J connectivity index is 1.99. The summed E-state index contributed by atoms with van der Waals surface area (Å²) in [5.74, 6) is -1.68. The summed E-state index contributed by atoms with van der Waals surface area (Å²) in [5, 5.41) is 13.9. The third-order valence-electron chi connectivity index (χ3n) is 5.97. The van der Waals surface area contributed by atoms with Gasteiger partial charge in [-0.1, -0.05) is 60.6 Å². The number of nitrogens with one attached hydrogen (secondary N) is 2. The number of hydrogen-bond donors (Lipinski definition) is 3. The van der Waals surface area contributed by atoms with E-state index in [1.54, 1.807) is 13.8 Å². The third-order valence-corrected chi connectivity index (χ3v) is 5.97. The van der Waals surface area contributed by atoms with Crippen molar-refractivity contribution in [3.63, 3.8) is 0 Å². The predicted octanol–water partition coefficient (Wildman–Crippen LogP) is 3.21. The second-order valence-electron chi connectivity index (χ2n) is 11.0. The zero-order valence-electron chi connectivity index (χ0n) is 21.4. The number of urea groups is 1. The minimum absolute atomic E-state index is 0.0300. The highest BCUT2D eigenvalue weighted by atomic mass is 16.5. The Morgan fingerprint density at radius 1 is 1.09 bits per heavy atom. The molecule has 2 rings (SSSR count). The molecule has 0 aromatic heterocycles. The van der Waals surface area contributed by atoms with Crippen LogP contribution in [0.3, 0.4) is 0 Å². The van der Waals surface area contributed by atoms with Crippen LogP contribution in [0.4, 0.5) is 4.79 Å². The quantitative estimate of drug-likeness (QED) is 0.411. The monoisotopic (exact) mass is 475 g/mol. The maximum Gasteiger partial charge on any atom is 0.344 e. The maximum absolute atomic E-state index is 12.3. The zero-order valence-corrected chi connectivity index (χ0v) is 21.4. The molecule has 1 saturated heterocycles. The Bertz CT molecular complexity index is 954. The Morgan fingerprint density at radius 2 is 1.62 bits per heavy atom. The highest BCUT2D eigenvalue weighted by Crippen LogP contribution is 2.40. The number of aromatic hydroxyl groups is 1. The molecule has 0 unspecified atom stereocenters. The molecule has 1 atom stereocenters. The van der Waals surface area contributed by atoms with Gasteiger partial charge in [-0.2, -0.15) is 5.01 Å². The van der Waals surface area contributed by atoms with Crippen LogP contribution < -0.4 is 10.7 Å². The number of amides is 4. The van der Waals surface area contributed by atoms with E-state index >= 15 is 0 Å². The number of rotatable bonds is 7. The van der Waals surface area contributed by atoms with Gasteiger partial charge in [0.1, 0.15) is 11.3 Å². The Hall–Kier alpha value is -3.10. The molecule has 1 aromatic carbocycles. The molecule has 0 radical (unpaired) electrons. The normalized spacial score (nSPS) is 18.6. The second kappa shape index (κ2) is 9.64. The number of ether oxygens (including phenoxy) is 1. The molecule has 1 aromatic rings. The summed E-state index contributed by atoms with van der Waals surface area (Å²) in [6.45, 7) is 14.8. The van der Waals surface area contributed by atoms with Gasteiger partial charge in [0, 0.05) is 6.42 Å². The minimum Gasteiger partial charge on any atom is -0.507 e. The molecule has 9 heteroatoms. The fraction of sp³-hybridized carbons (Fsp3) is 0.600. The lowest BCUT2D eigenvalue weighted by Crippen LogP contribution is -2.49. The van der Waals surface area contributed by atoms with Gasteiger partial charge < -0.3 is 15.2 Å². The van der Waals surface area contributed by atoms with E-state index in [0.29, 0.717) is 17.9 Å². The van der Waals surface area contributed by atoms with Crippen molar-refractivity contribution < 1.29 is 29.0 Å². The summed E-state index contributed by atoms with van der Waals surface area (Å²) in [5.41, 5.74) is 3.01. The first kappa shape index (κ1) is 27.1. The molecule has 0 saturated carbocycles. The number of nitrogens with zero attached hydrogens (tertiary/aromatic N) is 1. The molecular formula is C25H37N3O6. The maximum atomic E-state index is 12.3. The van der Waals surface area contributed by atoms with E-state index in [-0.39, 0.29) is 23.0 Å². The minimum atomic E-state index is -1.08. The number of phenols is 1. The SMILES string of the molecule is CC[C@]1(C)NC(=O)N(NC(=O)COC(=O)CCc2cc(C(C)(C)C)c(O)c(C(C)(C)C)c2)C1=O. The molecular weight excluding hydrogens is 438 g/mol. The van der Waals surface area contributed by atoms with Gasteiger partial charge in [-0.05, 0) is 47.3 Å². The van der Waals surface area contributed by atoms with Crippen LogP contribution in [0.25, 0.3) is 0 Å². The van der Waals surface area contributed by atoms with Crippen LogP contribution in [0, 0.1) is 0 Å². The molecule has 34 heavy (non-hydrogen) atoms. The third kappa shape index (κ3) is 6.07. The van der Waals surface area contributed by atoms with E-state index in [4.69, 9.17) is 4.74 Å². The number of benzene rings is 1. The molecule has 1 aliphatic heterocycles. The smallest absolute Gasteiger partial charge is 0.344 e. The van der Waals surface area contributed by atoms with Gasteiger partial charge >= 0.3 is 12.0 Å². The Labute approximate surface area is 201 Å². The molecule has 1 aliphatic rings. The number of hydrogen-bond acceptors (Lipinski definition) is 6. The van der Waals surface area contributed by atoms with Gasteiger partial charge in [0.25, 0.3) is 11.8 Å². The number of imide groups is 1. The molecule has 188 valence electrons. The molecule has 4 amide bonds. The summed E-state index contributed by atoms with van der Waals surface area (Å²) >= 11 is 0. The zero-order chi connectivity index (χ0) is 26.1. The standard InChI is InChI=1S/C25H37N3O6/c1-9-25(8)21(32)28(22(33)26-25)27-18(29)14-34-19(30)11-10-15-12-16(23(2,3)4)20(31)17(13-15)24(5,6)7/h12-13,31H,9-11,14H2,1-8H3,(H,26,33)(H,27,29)/t25-/m0/s1. The molecule has 1 fully saturated rings. The van der Waals surface area contributed by atoms with Crippen LogP contribution >= 0.6 is 0 Å². The average molecular weight is 476 g/mol. The lowest BCUT2D eigenvalue weighted by atomic mass is 9.78. The fourth-order valence-electron chi connectivity index (χ4n) is 3.63. The van der Waals surface area contributed by atoms with Gasteiger partial charge in [-0.3, -0.25) is 19.8 Å². The van der Waals surface area contributed by atoms with Crippen LogP contribution in [0.5, 0.6) is 5.75 Å². The lowest BCUT2D eigenvalue weighted by Gasteiger charge is -2.28. The summed E-state index contributed by atoms with van der Waals surface area (Å²) in [4.78, 5) is 48.7. The van der Waals surface area contributed by atoms with E-state index in [9.17, 15) is 24.3 Å². The van der Waals surface area contributed by atoms with Crippen molar-refractivity contribution in [2.75, 3.05) is 6.61 Å². The van der Waals surface area contributed by atoms with E-state index in [1.807, 2.05) is 53.7 Å². The van der Waals surface area contributed by atoms with Crippen molar-refractivity contribution in [1.29, 1.82) is 0 Å². The van der Waals surface area contributed by atoms with E-state index in [2.05, 4.69) is 10.7 Å². The number of carbonyl (C=O) groups is 4. The summed E-state index contributed by atoms with van der Waals surface area (Å²) in [6, 6.07) is 3.06. The number of phenolic OH excluding ortho intramolecular Hbond substituents is 1. The van der Waals surface area contributed by atoms with Crippen molar-refractivity contribution >= 4 is 23.8 Å². The Morgan fingerprint density at radius 3 is 2.06 bits per heavy atom. The van der Waals surface area contributed by atoms with Crippen LogP contribution in [-0.4, -0.2) is 46.1 Å². The van der Waals surface area contributed by atoms with Crippen molar-refractivity contribution in [2.45, 2.75) is 91.0 Å². The average Bonchev–Trinajstić information content (AvgIpc) is 2.93. The highest BCUT2D eigenvalue weighted by molar-refractivity contribution is 6.07. The summed E-state index contributed by atoms with van der Waals surface area (Å²) in [6.07, 6.45) is 0.765. The van der Waals surface area contributed by atoms with E-state index in [0.717, 1.165) is 16.7 Å². The molecule has 3 N–H and O–H groups in total. The second-order valence-corrected chi connectivity index (χ2v) is 11.0. The van der Waals surface area contributed by atoms with Crippen molar-refractivity contribution in [3.8, 4) is 5.75 Å². The van der Waals surface area contributed by atoms with Crippen LogP contribution in [0.2, 0.25) is 0 Å². The van der Waals surface area contributed by atoms with Crippen LogP contribution in [0.1, 0.15) is 84.9 Å². The van der Waals surface area contributed by atoms with Crippen LogP contribution in [-0.2, 0) is 36.4 Å². The first-order valence-corrected chi connectivity index (χ1v) is 11.5. The lowest BCUT2D eigenvalue weighted by molar-refractivity contribution is -0.150. The van der Waals surface area contributed by atoms with E-state index < -0.39 is 36.0 Å². The Kier molecular flexibility index (Phi) is 7.70. The number of hydrazine groups is 1. The van der Waals surface area contributed by atoms with Crippen molar-refractivity contribution in [3.05, 3.63) is 28.8 Å². The van der Waals surface area contributed by atoms with E-state index in [1.165, 1.54) is 0 Å². The van der Waals surface area contributed by atoms with Gasteiger partial charge in [0.05, 0.1) is 0 Å².